The first-order chi connectivity index (χ1) is 17.4. The van der Waals surface area contributed by atoms with E-state index in [1.165, 1.54) is 13.0 Å². The second kappa shape index (κ2) is 16.6. The van der Waals surface area contributed by atoms with Gasteiger partial charge in [-0.05, 0) is 30.4 Å². The number of aryl methyl sites for hydroxylation is 1. The number of hydrogen-bond acceptors (Lipinski definition) is 11. The van der Waals surface area contributed by atoms with Crippen LogP contribution in [0.3, 0.4) is 0 Å². The van der Waals surface area contributed by atoms with E-state index in [9.17, 15) is 19.7 Å². The Hall–Kier alpha value is -3.01. The maximum Gasteiger partial charge on any atom is 0.348 e. The number of thiazole rings is 1. The molecule has 0 unspecified atom stereocenters. The van der Waals surface area contributed by atoms with Crippen LogP contribution in [0.25, 0.3) is 0 Å². The zero-order chi connectivity index (χ0) is 26.2. The van der Waals surface area contributed by atoms with Crippen LogP contribution in [0.5, 0.6) is 0 Å². The minimum Gasteiger partial charge on any atom is -0.379 e. The molecule has 1 heterocycles. The number of anilines is 2. The average Bonchev–Trinajstić information content (AvgIpc) is 3.22. The Kier molecular flexibility index (Phi) is 13.5. The third-order valence-electron chi connectivity index (χ3n) is 4.46. The molecule has 0 aliphatic carbocycles. The van der Waals surface area contributed by atoms with Crippen molar-refractivity contribution in [3.05, 3.63) is 45.6 Å². The fourth-order valence-corrected chi connectivity index (χ4v) is 3.57. The largest absolute Gasteiger partial charge is 0.379 e. The summed E-state index contributed by atoms with van der Waals surface area (Å²) < 4.78 is 21.3. The Bertz CT molecular complexity index is 987. The van der Waals surface area contributed by atoms with Crippen molar-refractivity contribution in [2.45, 2.75) is 13.3 Å². The number of benzene rings is 1. The predicted octanol–water partition coefficient (Wildman–Crippen LogP) is 1.97. The van der Waals surface area contributed by atoms with Gasteiger partial charge in [0.05, 0.1) is 75.5 Å². The molecule has 1 aromatic heterocycles. The molecule has 0 bridgehead atoms. The zero-order valence-corrected chi connectivity index (χ0v) is 20.8. The van der Waals surface area contributed by atoms with E-state index in [1.54, 1.807) is 18.2 Å². The third-order valence-corrected chi connectivity index (χ3v) is 5.48. The molecule has 0 atom stereocenters. The van der Waals surface area contributed by atoms with Crippen LogP contribution in [0.15, 0.2) is 24.3 Å². The summed E-state index contributed by atoms with van der Waals surface area (Å²) in [5, 5.41) is 16.2. The average molecular weight is 526 g/mol. The van der Waals surface area contributed by atoms with Crippen LogP contribution < -0.4 is 16.4 Å². The fraction of sp³-hybridized carbons (Fsp3) is 0.500. The van der Waals surface area contributed by atoms with Crippen LogP contribution in [-0.2, 0) is 23.7 Å². The van der Waals surface area contributed by atoms with Crippen LogP contribution >= 0.6 is 11.3 Å². The van der Waals surface area contributed by atoms with Crippen LogP contribution in [-0.4, -0.2) is 81.1 Å². The number of hydrogen-bond donors (Lipinski definition) is 3. The Morgan fingerprint density at radius 3 is 2.14 bits per heavy atom. The van der Waals surface area contributed by atoms with Gasteiger partial charge in [-0.25, -0.2) is 4.98 Å². The first-order valence-electron chi connectivity index (χ1n) is 11.3. The van der Waals surface area contributed by atoms with Crippen molar-refractivity contribution in [2.24, 2.45) is 5.73 Å². The van der Waals surface area contributed by atoms with Crippen LogP contribution in [0.1, 0.15) is 22.5 Å². The van der Waals surface area contributed by atoms with Crippen molar-refractivity contribution in [1.29, 1.82) is 0 Å². The van der Waals surface area contributed by atoms with E-state index in [-0.39, 0.29) is 40.3 Å². The number of rotatable bonds is 18. The van der Waals surface area contributed by atoms with Crippen molar-refractivity contribution in [3.8, 4) is 0 Å². The molecule has 0 radical (unpaired) electrons. The molecule has 2 rings (SSSR count). The number of carbonyl (C=O) groups excluding carboxylic acids is 2. The quantitative estimate of drug-likeness (QED) is 0.148. The Balaban J connectivity index is 1.65. The van der Waals surface area contributed by atoms with Gasteiger partial charge in [-0.1, -0.05) is 12.1 Å². The Labute approximate surface area is 212 Å². The molecule has 0 saturated heterocycles. The molecule has 0 spiro atoms. The molecular formula is C22H31N5O8S. The number of para-hydroxylation sites is 1. The highest BCUT2D eigenvalue weighted by molar-refractivity contribution is 7.19. The molecule has 36 heavy (non-hydrogen) atoms. The fourth-order valence-electron chi connectivity index (χ4n) is 2.79. The Morgan fingerprint density at radius 1 is 0.972 bits per heavy atom. The monoisotopic (exact) mass is 525 g/mol. The SMILES string of the molecule is Cc1nc(NC(=O)c2ccccc2NC(=O)CCOCCOCCOCCOCCN)sc1[N+](=O)[O-]. The molecule has 0 aliphatic heterocycles. The van der Waals surface area contributed by atoms with Gasteiger partial charge in [-0.2, -0.15) is 0 Å². The van der Waals surface area contributed by atoms with Crippen molar-refractivity contribution >= 4 is 39.0 Å². The van der Waals surface area contributed by atoms with Gasteiger partial charge in [0.1, 0.15) is 5.69 Å². The van der Waals surface area contributed by atoms with Gasteiger partial charge in [-0.3, -0.25) is 25.0 Å². The molecule has 4 N–H and O–H groups in total. The number of nitrogens with two attached hydrogens (primary N) is 1. The van der Waals surface area contributed by atoms with Crippen molar-refractivity contribution < 1.29 is 33.5 Å². The molecule has 2 aromatic rings. The van der Waals surface area contributed by atoms with Crippen LogP contribution in [0.4, 0.5) is 15.8 Å². The summed E-state index contributed by atoms with van der Waals surface area (Å²) in [7, 11) is 0. The molecule has 0 fully saturated rings. The number of nitro groups is 1. The number of nitrogens with zero attached hydrogens (tertiary/aromatic N) is 2. The molecule has 0 saturated carbocycles. The lowest BCUT2D eigenvalue weighted by Crippen LogP contribution is -2.19. The molecule has 13 nitrogen and oxygen atoms in total. The summed E-state index contributed by atoms with van der Waals surface area (Å²) in [6.45, 7) is 5.20. The van der Waals surface area contributed by atoms with Gasteiger partial charge in [0.25, 0.3) is 5.91 Å². The molecule has 198 valence electrons. The topological polar surface area (TPSA) is 177 Å². The first kappa shape index (κ1) is 29.2. The highest BCUT2D eigenvalue weighted by Crippen LogP contribution is 2.30. The van der Waals surface area contributed by atoms with Gasteiger partial charge in [0.2, 0.25) is 5.91 Å². The second-order valence-electron chi connectivity index (χ2n) is 7.20. The van der Waals surface area contributed by atoms with Crippen molar-refractivity contribution in [1.82, 2.24) is 4.98 Å². The molecule has 0 aliphatic rings. The van der Waals surface area contributed by atoms with Crippen LogP contribution in [0, 0.1) is 17.0 Å². The minimum atomic E-state index is -0.553. The summed E-state index contributed by atoms with van der Waals surface area (Å²) >= 11 is 0.765. The van der Waals surface area contributed by atoms with E-state index < -0.39 is 10.8 Å². The summed E-state index contributed by atoms with van der Waals surface area (Å²) in [6, 6.07) is 6.44. The van der Waals surface area contributed by atoms with Gasteiger partial charge in [-0.15, -0.1) is 0 Å². The molecular weight excluding hydrogens is 494 g/mol. The van der Waals surface area contributed by atoms with Crippen molar-refractivity contribution in [3.63, 3.8) is 0 Å². The number of aromatic nitrogens is 1. The van der Waals surface area contributed by atoms with E-state index in [0.29, 0.717) is 58.5 Å². The Morgan fingerprint density at radius 2 is 1.56 bits per heavy atom. The number of carbonyl (C=O) groups is 2. The van der Waals surface area contributed by atoms with Gasteiger partial charge in [0.15, 0.2) is 5.13 Å². The molecule has 1 aromatic carbocycles. The van der Waals surface area contributed by atoms with E-state index in [0.717, 1.165) is 11.3 Å². The van der Waals surface area contributed by atoms with Crippen LogP contribution in [0.2, 0.25) is 0 Å². The lowest BCUT2D eigenvalue weighted by molar-refractivity contribution is -0.380. The summed E-state index contributed by atoms with van der Waals surface area (Å²) in [6.07, 6.45) is 0.0831. The standard InChI is InChI=1S/C22H31N5O8S/c1-16-21(27(30)31)36-22(24-16)26-20(29)17-4-2-3-5-18(17)25-19(28)6-8-32-10-12-34-14-15-35-13-11-33-9-7-23/h2-5H,6-15,23H2,1H3,(H,25,28)(H,24,26,29). The first-order valence-corrected chi connectivity index (χ1v) is 12.1. The smallest absolute Gasteiger partial charge is 0.348 e. The zero-order valence-electron chi connectivity index (χ0n) is 20.0. The minimum absolute atomic E-state index is 0.0831. The van der Waals surface area contributed by atoms with Gasteiger partial charge >= 0.3 is 5.00 Å². The summed E-state index contributed by atoms with van der Waals surface area (Å²) in [5.74, 6) is -0.878. The van der Waals surface area contributed by atoms with E-state index >= 15 is 0 Å². The predicted molar refractivity (Wildman–Crippen MR) is 133 cm³/mol. The highest BCUT2D eigenvalue weighted by Gasteiger charge is 2.20. The normalized spacial score (nSPS) is 10.8. The van der Waals surface area contributed by atoms with E-state index in [1.807, 2.05) is 0 Å². The summed E-state index contributed by atoms with van der Waals surface area (Å²) in [4.78, 5) is 39.4. The molecule has 14 heteroatoms. The maximum atomic E-state index is 12.7. The lowest BCUT2D eigenvalue weighted by Gasteiger charge is -2.11. The third kappa shape index (κ3) is 10.7. The lowest BCUT2D eigenvalue weighted by atomic mass is 10.1. The summed E-state index contributed by atoms with van der Waals surface area (Å²) in [5.41, 5.74) is 6.03. The highest BCUT2D eigenvalue weighted by atomic mass is 32.1. The van der Waals surface area contributed by atoms with E-state index in [4.69, 9.17) is 24.7 Å². The molecule has 2 amide bonds. The number of amides is 2. The second-order valence-corrected chi connectivity index (χ2v) is 8.18. The maximum absolute atomic E-state index is 12.7. The van der Waals surface area contributed by atoms with Crippen molar-refractivity contribution in [2.75, 3.05) is 70.0 Å². The number of ether oxygens (including phenoxy) is 4. The van der Waals surface area contributed by atoms with E-state index in [2.05, 4.69) is 15.6 Å². The number of nitrogens with one attached hydrogen (secondary N) is 2. The van der Waals surface area contributed by atoms with Gasteiger partial charge < -0.3 is 30.0 Å². The van der Waals surface area contributed by atoms with Gasteiger partial charge in [0, 0.05) is 6.54 Å².